The van der Waals surface area contributed by atoms with Gasteiger partial charge in [0.25, 0.3) is 5.91 Å². The molecular formula is C15H22N2O2. The molecule has 0 spiro atoms. The van der Waals surface area contributed by atoms with E-state index >= 15 is 0 Å². The summed E-state index contributed by atoms with van der Waals surface area (Å²) >= 11 is 0. The molecule has 4 heteroatoms. The lowest BCUT2D eigenvalue weighted by molar-refractivity contribution is 0.0268. The molecule has 1 fully saturated rings. The van der Waals surface area contributed by atoms with E-state index in [4.69, 9.17) is 5.73 Å². The lowest BCUT2D eigenvalue weighted by Crippen LogP contribution is -2.46. The Morgan fingerprint density at radius 2 is 2.05 bits per heavy atom. The quantitative estimate of drug-likeness (QED) is 0.801. The van der Waals surface area contributed by atoms with E-state index in [9.17, 15) is 9.90 Å². The number of aliphatic hydroxyl groups excluding tert-OH is 1. The zero-order chi connectivity index (χ0) is 14.0. The highest BCUT2D eigenvalue weighted by molar-refractivity contribution is 5.95. The maximum absolute atomic E-state index is 12.4. The van der Waals surface area contributed by atoms with E-state index in [1.54, 1.807) is 24.1 Å². The average Bonchev–Trinajstić information content (AvgIpc) is 2.41. The van der Waals surface area contributed by atoms with Crippen molar-refractivity contribution in [2.24, 2.45) is 0 Å². The molecule has 2 unspecified atom stereocenters. The molecule has 0 heterocycles. The summed E-state index contributed by atoms with van der Waals surface area (Å²) < 4.78 is 0. The summed E-state index contributed by atoms with van der Waals surface area (Å²) in [5.74, 6) is -0.0472. The molecule has 1 aromatic carbocycles. The van der Waals surface area contributed by atoms with E-state index in [0.29, 0.717) is 11.3 Å². The van der Waals surface area contributed by atoms with Gasteiger partial charge >= 0.3 is 0 Å². The number of rotatable bonds is 2. The Bertz CT molecular complexity index is 473. The number of amides is 1. The summed E-state index contributed by atoms with van der Waals surface area (Å²) in [5, 5.41) is 10.0. The van der Waals surface area contributed by atoms with Crippen molar-refractivity contribution in [1.82, 2.24) is 4.90 Å². The molecule has 0 radical (unpaired) electrons. The van der Waals surface area contributed by atoms with Crippen LogP contribution in [0.15, 0.2) is 18.2 Å². The lowest BCUT2D eigenvalue weighted by Gasteiger charge is -2.35. The van der Waals surface area contributed by atoms with E-state index in [-0.39, 0.29) is 11.9 Å². The molecular weight excluding hydrogens is 240 g/mol. The molecule has 2 rings (SSSR count). The Balaban J connectivity index is 2.15. The van der Waals surface area contributed by atoms with Crippen LogP contribution in [0.2, 0.25) is 0 Å². The van der Waals surface area contributed by atoms with Crippen LogP contribution in [0.5, 0.6) is 0 Å². The van der Waals surface area contributed by atoms with Crippen molar-refractivity contribution in [3.05, 3.63) is 29.3 Å². The molecule has 104 valence electrons. The SMILES string of the molecule is Cc1cc(C(=O)N(C)C2CCCCC2O)ccc1N. The van der Waals surface area contributed by atoms with E-state index < -0.39 is 6.10 Å². The molecule has 2 atom stereocenters. The van der Waals surface area contributed by atoms with Gasteiger partial charge in [-0.05, 0) is 43.5 Å². The molecule has 1 aromatic rings. The fourth-order valence-electron chi connectivity index (χ4n) is 2.71. The first-order valence-electron chi connectivity index (χ1n) is 6.82. The van der Waals surface area contributed by atoms with Crippen LogP contribution in [0, 0.1) is 6.92 Å². The summed E-state index contributed by atoms with van der Waals surface area (Å²) in [5.41, 5.74) is 7.99. The fourth-order valence-corrected chi connectivity index (χ4v) is 2.71. The molecule has 1 aliphatic rings. The number of hydrogen-bond donors (Lipinski definition) is 2. The smallest absolute Gasteiger partial charge is 0.253 e. The third-order valence-electron chi connectivity index (χ3n) is 4.03. The van der Waals surface area contributed by atoms with Crippen LogP contribution in [0.25, 0.3) is 0 Å². The number of nitrogen functional groups attached to an aromatic ring is 1. The molecule has 0 aliphatic heterocycles. The molecule has 19 heavy (non-hydrogen) atoms. The van der Waals surface area contributed by atoms with Gasteiger partial charge in [-0.3, -0.25) is 4.79 Å². The van der Waals surface area contributed by atoms with Crippen LogP contribution in [0.1, 0.15) is 41.6 Å². The summed E-state index contributed by atoms with van der Waals surface area (Å²) in [4.78, 5) is 14.1. The standard InChI is InChI=1S/C15H22N2O2/c1-10-9-11(7-8-12(10)16)15(19)17(2)13-5-3-4-6-14(13)18/h7-9,13-14,18H,3-6,16H2,1-2H3. The van der Waals surface area contributed by atoms with Gasteiger partial charge in [-0.25, -0.2) is 0 Å². The first kappa shape index (κ1) is 13.9. The third kappa shape index (κ3) is 2.89. The van der Waals surface area contributed by atoms with Gasteiger partial charge < -0.3 is 15.7 Å². The van der Waals surface area contributed by atoms with E-state index in [2.05, 4.69) is 0 Å². The summed E-state index contributed by atoms with van der Waals surface area (Å²) in [6.07, 6.45) is 3.36. The van der Waals surface area contributed by atoms with Crippen LogP contribution >= 0.6 is 0 Å². The maximum Gasteiger partial charge on any atom is 0.253 e. The number of benzene rings is 1. The molecule has 1 aliphatic carbocycles. The Morgan fingerprint density at radius 1 is 1.37 bits per heavy atom. The fraction of sp³-hybridized carbons (Fsp3) is 0.533. The van der Waals surface area contributed by atoms with Gasteiger partial charge in [-0.15, -0.1) is 0 Å². The predicted octanol–water partition coefficient (Wildman–Crippen LogP) is 1.95. The monoisotopic (exact) mass is 262 g/mol. The molecule has 1 saturated carbocycles. The van der Waals surface area contributed by atoms with E-state index in [0.717, 1.165) is 31.2 Å². The number of likely N-dealkylation sites (N-methyl/N-ethyl adjacent to an activating group) is 1. The van der Waals surface area contributed by atoms with Crippen molar-refractivity contribution in [3.63, 3.8) is 0 Å². The summed E-state index contributed by atoms with van der Waals surface area (Å²) in [7, 11) is 1.77. The zero-order valence-corrected chi connectivity index (χ0v) is 11.6. The second-order valence-electron chi connectivity index (χ2n) is 5.41. The van der Waals surface area contributed by atoms with Crippen molar-refractivity contribution < 1.29 is 9.90 Å². The number of anilines is 1. The van der Waals surface area contributed by atoms with Gasteiger partial charge in [0, 0.05) is 18.3 Å². The van der Waals surface area contributed by atoms with Gasteiger partial charge in [0.1, 0.15) is 0 Å². The van der Waals surface area contributed by atoms with Crippen molar-refractivity contribution in [1.29, 1.82) is 0 Å². The number of carbonyl (C=O) groups is 1. The van der Waals surface area contributed by atoms with Crippen molar-refractivity contribution in [2.75, 3.05) is 12.8 Å². The summed E-state index contributed by atoms with van der Waals surface area (Å²) in [6.45, 7) is 1.89. The summed E-state index contributed by atoms with van der Waals surface area (Å²) in [6, 6.07) is 5.24. The van der Waals surface area contributed by atoms with Gasteiger partial charge in [0.2, 0.25) is 0 Å². The zero-order valence-electron chi connectivity index (χ0n) is 11.6. The lowest BCUT2D eigenvalue weighted by atomic mass is 9.91. The molecule has 1 amide bonds. The van der Waals surface area contributed by atoms with Crippen LogP contribution in [0.4, 0.5) is 5.69 Å². The van der Waals surface area contributed by atoms with Crippen molar-refractivity contribution in [2.45, 2.75) is 44.8 Å². The molecule has 0 bridgehead atoms. The van der Waals surface area contributed by atoms with Gasteiger partial charge in [-0.1, -0.05) is 12.8 Å². The second kappa shape index (κ2) is 5.61. The van der Waals surface area contributed by atoms with Crippen LogP contribution in [-0.2, 0) is 0 Å². The predicted molar refractivity (Wildman–Crippen MR) is 75.9 cm³/mol. The van der Waals surface area contributed by atoms with Crippen LogP contribution in [-0.4, -0.2) is 35.1 Å². The minimum absolute atomic E-state index is 0.0472. The first-order valence-corrected chi connectivity index (χ1v) is 6.82. The average molecular weight is 262 g/mol. The highest BCUT2D eigenvalue weighted by atomic mass is 16.3. The van der Waals surface area contributed by atoms with Crippen molar-refractivity contribution in [3.8, 4) is 0 Å². The van der Waals surface area contributed by atoms with Crippen LogP contribution < -0.4 is 5.73 Å². The second-order valence-corrected chi connectivity index (χ2v) is 5.41. The van der Waals surface area contributed by atoms with Gasteiger partial charge in [-0.2, -0.15) is 0 Å². The van der Waals surface area contributed by atoms with E-state index in [1.165, 1.54) is 0 Å². The van der Waals surface area contributed by atoms with Crippen molar-refractivity contribution >= 4 is 11.6 Å². The number of aryl methyl sites for hydroxylation is 1. The number of carbonyl (C=O) groups excluding carboxylic acids is 1. The Labute approximate surface area is 114 Å². The Kier molecular flexibility index (Phi) is 4.10. The van der Waals surface area contributed by atoms with E-state index in [1.807, 2.05) is 13.0 Å². The first-order chi connectivity index (χ1) is 9.00. The third-order valence-corrected chi connectivity index (χ3v) is 4.03. The molecule has 3 N–H and O–H groups in total. The molecule has 4 nitrogen and oxygen atoms in total. The number of aliphatic hydroxyl groups is 1. The van der Waals surface area contributed by atoms with Crippen LogP contribution in [0.3, 0.4) is 0 Å². The minimum Gasteiger partial charge on any atom is -0.399 e. The maximum atomic E-state index is 12.4. The molecule has 0 aromatic heterocycles. The highest BCUT2D eigenvalue weighted by Gasteiger charge is 2.29. The number of hydrogen-bond acceptors (Lipinski definition) is 3. The number of nitrogens with zero attached hydrogens (tertiary/aromatic N) is 1. The highest BCUT2D eigenvalue weighted by Crippen LogP contribution is 2.24. The topological polar surface area (TPSA) is 66.6 Å². The largest absolute Gasteiger partial charge is 0.399 e. The Morgan fingerprint density at radius 3 is 2.68 bits per heavy atom. The molecule has 0 saturated heterocycles. The van der Waals surface area contributed by atoms with Gasteiger partial charge in [0.15, 0.2) is 0 Å². The van der Waals surface area contributed by atoms with Gasteiger partial charge in [0.05, 0.1) is 12.1 Å². The minimum atomic E-state index is -0.405. The normalized spacial score (nSPS) is 23.1. The Hall–Kier alpha value is -1.55. The number of nitrogens with two attached hydrogens (primary N) is 1.